The van der Waals surface area contributed by atoms with Gasteiger partial charge in [0.15, 0.2) is 0 Å². The van der Waals surface area contributed by atoms with Crippen LogP contribution in [0, 0.1) is 0 Å². The van der Waals surface area contributed by atoms with Gasteiger partial charge in [0.25, 0.3) is 5.91 Å². The van der Waals surface area contributed by atoms with Crippen molar-refractivity contribution in [2.75, 3.05) is 10.6 Å². The third kappa shape index (κ3) is 3.47. The fraction of sp³-hybridized carbons (Fsp3) is 0.125. The van der Waals surface area contributed by atoms with Crippen LogP contribution in [0.3, 0.4) is 0 Å². The van der Waals surface area contributed by atoms with Crippen molar-refractivity contribution in [2.45, 2.75) is 17.1 Å². The molecule has 0 saturated carbocycles. The van der Waals surface area contributed by atoms with Gasteiger partial charge in [0.2, 0.25) is 5.91 Å². The van der Waals surface area contributed by atoms with Gasteiger partial charge in [-0.05, 0) is 43.3 Å². The number of rotatable bonds is 2. The van der Waals surface area contributed by atoms with Crippen molar-refractivity contribution in [3.05, 3.63) is 52.0 Å². The van der Waals surface area contributed by atoms with E-state index in [0.717, 1.165) is 4.90 Å². The molecule has 1 aliphatic heterocycles. The minimum Gasteiger partial charge on any atom is -0.324 e. The number of halogens is 2. The fourth-order valence-electron chi connectivity index (χ4n) is 2.14. The number of benzene rings is 2. The molecule has 0 saturated heterocycles. The van der Waals surface area contributed by atoms with E-state index in [2.05, 4.69) is 10.6 Å². The first kappa shape index (κ1) is 16.2. The number of hydrogen-bond donors (Lipinski definition) is 2. The van der Waals surface area contributed by atoms with E-state index in [1.807, 2.05) is 13.0 Å². The minimum atomic E-state index is -0.310. The smallest absolute Gasteiger partial charge is 0.255 e. The lowest BCUT2D eigenvalue weighted by atomic mass is 10.1. The first-order valence-corrected chi connectivity index (χ1v) is 8.45. The normalized spacial score (nSPS) is 16.5. The van der Waals surface area contributed by atoms with E-state index in [9.17, 15) is 9.59 Å². The van der Waals surface area contributed by atoms with Crippen LogP contribution < -0.4 is 10.6 Å². The highest BCUT2D eigenvalue weighted by Crippen LogP contribution is 2.36. The van der Waals surface area contributed by atoms with Crippen LogP contribution in [0.2, 0.25) is 10.0 Å². The predicted octanol–water partition coefficient (Wildman–Crippen LogP) is 4.68. The molecule has 2 aromatic rings. The van der Waals surface area contributed by atoms with Crippen LogP contribution in [0.5, 0.6) is 0 Å². The van der Waals surface area contributed by atoms with Gasteiger partial charge in [0.05, 0.1) is 21.6 Å². The van der Waals surface area contributed by atoms with Gasteiger partial charge in [0.1, 0.15) is 0 Å². The van der Waals surface area contributed by atoms with Crippen LogP contribution >= 0.6 is 35.0 Å². The standard InChI is InChI=1S/C16H12Cl2N2O2S/c1-8-15(21)20-13-6-9(2-5-14(13)23-8)16(22)19-12-4-3-10(17)7-11(12)18/h2-8H,1H3,(H,19,22)(H,20,21)/t8-/m1/s1. The Morgan fingerprint density at radius 2 is 2.00 bits per heavy atom. The molecule has 0 aromatic heterocycles. The number of carbonyl (C=O) groups is 2. The Kier molecular flexibility index (Phi) is 4.53. The zero-order valence-corrected chi connectivity index (χ0v) is 14.4. The van der Waals surface area contributed by atoms with Crippen molar-refractivity contribution in [3.8, 4) is 0 Å². The molecule has 1 atom stereocenters. The van der Waals surface area contributed by atoms with Crippen LogP contribution in [0.15, 0.2) is 41.3 Å². The van der Waals surface area contributed by atoms with Crippen molar-refractivity contribution in [2.24, 2.45) is 0 Å². The summed E-state index contributed by atoms with van der Waals surface area (Å²) in [7, 11) is 0. The van der Waals surface area contributed by atoms with Crippen molar-refractivity contribution in [1.29, 1.82) is 0 Å². The Labute approximate surface area is 147 Å². The number of anilines is 2. The number of hydrogen-bond acceptors (Lipinski definition) is 3. The Morgan fingerprint density at radius 1 is 1.22 bits per heavy atom. The molecule has 1 heterocycles. The van der Waals surface area contributed by atoms with Gasteiger partial charge in [0, 0.05) is 15.5 Å². The van der Waals surface area contributed by atoms with Gasteiger partial charge >= 0.3 is 0 Å². The molecule has 1 aliphatic rings. The molecule has 3 rings (SSSR count). The first-order valence-electron chi connectivity index (χ1n) is 6.82. The van der Waals surface area contributed by atoms with Gasteiger partial charge in [-0.3, -0.25) is 9.59 Å². The summed E-state index contributed by atoms with van der Waals surface area (Å²) in [6, 6.07) is 10.0. The number of nitrogens with one attached hydrogen (secondary N) is 2. The predicted molar refractivity (Wildman–Crippen MR) is 94.8 cm³/mol. The molecule has 7 heteroatoms. The van der Waals surface area contributed by atoms with E-state index in [0.29, 0.717) is 27.0 Å². The van der Waals surface area contributed by atoms with Crippen molar-refractivity contribution < 1.29 is 9.59 Å². The Bertz CT molecular complexity index is 811. The second-order valence-electron chi connectivity index (χ2n) is 5.04. The third-order valence-corrected chi connectivity index (χ3v) is 5.08. The van der Waals surface area contributed by atoms with Crippen molar-refractivity contribution >= 4 is 58.2 Å². The summed E-state index contributed by atoms with van der Waals surface area (Å²) in [6.07, 6.45) is 0. The second kappa shape index (κ2) is 6.43. The van der Waals surface area contributed by atoms with Crippen LogP contribution in [0.4, 0.5) is 11.4 Å². The van der Waals surface area contributed by atoms with E-state index in [1.165, 1.54) is 11.8 Å². The van der Waals surface area contributed by atoms with Gasteiger partial charge in [-0.1, -0.05) is 23.2 Å². The summed E-state index contributed by atoms with van der Waals surface area (Å²) >= 11 is 13.4. The van der Waals surface area contributed by atoms with Crippen LogP contribution in [-0.4, -0.2) is 17.1 Å². The van der Waals surface area contributed by atoms with E-state index >= 15 is 0 Å². The van der Waals surface area contributed by atoms with Gasteiger partial charge < -0.3 is 10.6 Å². The molecule has 0 unspecified atom stereocenters. The summed E-state index contributed by atoms with van der Waals surface area (Å²) in [6.45, 7) is 1.84. The van der Waals surface area contributed by atoms with Gasteiger partial charge in [-0.25, -0.2) is 0 Å². The molecule has 2 aromatic carbocycles. The van der Waals surface area contributed by atoms with E-state index in [1.54, 1.807) is 30.3 Å². The highest BCUT2D eigenvalue weighted by molar-refractivity contribution is 8.00. The summed E-state index contributed by atoms with van der Waals surface area (Å²) in [5, 5.41) is 6.25. The number of fused-ring (bicyclic) bond motifs is 1. The fourth-order valence-corrected chi connectivity index (χ4v) is 3.52. The van der Waals surface area contributed by atoms with E-state index in [-0.39, 0.29) is 17.1 Å². The maximum atomic E-state index is 12.4. The third-order valence-electron chi connectivity index (χ3n) is 3.35. The number of carbonyl (C=O) groups excluding carboxylic acids is 2. The Morgan fingerprint density at radius 3 is 2.74 bits per heavy atom. The van der Waals surface area contributed by atoms with Gasteiger partial charge in [-0.2, -0.15) is 0 Å². The first-order chi connectivity index (χ1) is 10.9. The summed E-state index contributed by atoms with van der Waals surface area (Å²) in [4.78, 5) is 25.0. The summed E-state index contributed by atoms with van der Waals surface area (Å²) in [5.41, 5.74) is 1.56. The molecule has 0 bridgehead atoms. The monoisotopic (exact) mass is 366 g/mol. The zero-order valence-electron chi connectivity index (χ0n) is 12.0. The molecule has 0 spiro atoms. The minimum absolute atomic E-state index is 0.0687. The average Bonchev–Trinajstić information content (AvgIpc) is 2.50. The Balaban J connectivity index is 1.83. The molecule has 0 radical (unpaired) electrons. The lowest BCUT2D eigenvalue weighted by Gasteiger charge is -2.21. The quantitative estimate of drug-likeness (QED) is 0.811. The lowest BCUT2D eigenvalue weighted by Crippen LogP contribution is -2.26. The number of thioether (sulfide) groups is 1. The highest BCUT2D eigenvalue weighted by atomic mass is 35.5. The summed E-state index contributed by atoms with van der Waals surface area (Å²) < 4.78 is 0. The molecular weight excluding hydrogens is 355 g/mol. The van der Waals surface area contributed by atoms with Crippen LogP contribution in [0.25, 0.3) is 0 Å². The maximum absolute atomic E-state index is 12.4. The van der Waals surface area contributed by atoms with Crippen LogP contribution in [-0.2, 0) is 4.79 Å². The molecular formula is C16H12Cl2N2O2S. The SMILES string of the molecule is C[C@H]1Sc2ccc(C(=O)Nc3ccc(Cl)cc3Cl)cc2NC1=O. The molecule has 4 nitrogen and oxygen atoms in total. The highest BCUT2D eigenvalue weighted by Gasteiger charge is 2.23. The van der Waals surface area contributed by atoms with Gasteiger partial charge in [-0.15, -0.1) is 11.8 Å². The molecule has 23 heavy (non-hydrogen) atoms. The molecule has 0 fully saturated rings. The van der Waals surface area contributed by atoms with Crippen LogP contribution in [0.1, 0.15) is 17.3 Å². The van der Waals surface area contributed by atoms with E-state index < -0.39 is 0 Å². The largest absolute Gasteiger partial charge is 0.324 e. The van der Waals surface area contributed by atoms with Crippen molar-refractivity contribution in [1.82, 2.24) is 0 Å². The number of amides is 2. The zero-order chi connectivity index (χ0) is 16.6. The Hall–Kier alpha value is -1.69. The molecule has 2 N–H and O–H groups in total. The molecule has 0 aliphatic carbocycles. The lowest BCUT2D eigenvalue weighted by molar-refractivity contribution is -0.115. The maximum Gasteiger partial charge on any atom is 0.255 e. The van der Waals surface area contributed by atoms with E-state index in [4.69, 9.17) is 23.2 Å². The second-order valence-corrected chi connectivity index (χ2v) is 7.26. The average molecular weight is 367 g/mol. The molecule has 2 amide bonds. The van der Waals surface area contributed by atoms with Crippen molar-refractivity contribution in [3.63, 3.8) is 0 Å². The topological polar surface area (TPSA) is 58.2 Å². The summed E-state index contributed by atoms with van der Waals surface area (Å²) in [5.74, 6) is -0.379. The molecule has 118 valence electrons.